The van der Waals surface area contributed by atoms with Crippen LogP contribution in [0.3, 0.4) is 0 Å². The predicted octanol–water partition coefficient (Wildman–Crippen LogP) is 4.87. The van der Waals surface area contributed by atoms with Crippen LogP contribution in [0.1, 0.15) is 5.56 Å². The summed E-state index contributed by atoms with van der Waals surface area (Å²) in [6, 6.07) is 13.3. The molecule has 19 heavy (non-hydrogen) atoms. The molecule has 0 unspecified atom stereocenters. The van der Waals surface area contributed by atoms with Gasteiger partial charge in [-0.15, -0.1) is 0 Å². The average molecular weight is 342 g/mol. The van der Waals surface area contributed by atoms with Gasteiger partial charge >= 0.3 is 0 Å². The fraction of sp³-hybridized carbons (Fsp3) is 0.200. The van der Waals surface area contributed by atoms with Gasteiger partial charge in [-0.1, -0.05) is 27.5 Å². The lowest BCUT2D eigenvalue weighted by atomic mass is 10.2. The van der Waals surface area contributed by atoms with Crippen LogP contribution in [0.5, 0.6) is 11.5 Å². The molecular weight excluding hydrogens is 328 g/mol. The maximum Gasteiger partial charge on any atom is 0.122 e. The second-order valence-corrected chi connectivity index (χ2v) is 5.41. The van der Waals surface area contributed by atoms with Crippen LogP contribution in [-0.4, -0.2) is 13.2 Å². The van der Waals surface area contributed by atoms with Crippen LogP contribution in [0.25, 0.3) is 0 Å². The van der Waals surface area contributed by atoms with E-state index in [1.807, 2.05) is 49.4 Å². The number of aryl methyl sites for hydroxylation is 1. The SMILES string of the molecule is Cc1cc(Cl)ccc1OCCOc1ccc(Br)cc1. The van der Waals surface area contributed by atoms with E-state index in [0.29, 0.717) is 13.2 Å². The fourth-order valence-corrected chi connectivity index (χ4v) is 2.11. The van der Waals surface area contributed by atoms with Gasteiger partial charge in [0.05, 0.1) is 0 Å². The first-order valence-corrected chi connectivity index (χ1v) is 7.09. The lowest BCUT2D eigenvalue weighted by molar-refractivity contribution is 0.216. The van der Waals surface area contributed by atoms with Gasteiger partial charge in [0.15, 0.2) is 0 Å². The minimum atomic E-state index is 0.499. The van der Waals surface area contributed by atoms with Crippen molar-refractivity contribution >= 4 is 27.5 Å². The molecule has 2 aromatic carbocycles. The zero-order valence-electron chi connectivity index (χ0n) is 10.5. The summed E-state index contributed by atoms with van der Waals surface area (Å²) < 4.78 is 12.3. The highest BCUT2D eigenvalue weighted by Gasteiger charge is 2.00. The van der Waals surface area contributed by atoms with Crippen molar-refractivity contribution in [2.75, 3.05) is 13.2 Å². The van der Waals surface area contributed by atoms with Crippen molar-refractivity contribution in [1.29, 1.82) is 0 Å². The topological polar surface area (TPSA) is 18.5 Å². The molecule has 0 radical (unpaired) electrons. The zero-order valence-corrected chi connectivity index (χ0v) is 12.9. The van der Waals surface area contributed by atoms with E-state index in [-0.39, 0.29) is 0 Å². The number of benzene rings is 2. The van der Waals surface area contributed by atoms with Gasteiger partial charge in [0.2, 0.25) is 0 Å². The zero-order chi connectivity index (χ0) is 13.7. The van der Waals surface area contributed by atoms with Crippen molar-refractivity contribution in [2.45, 2.75) is 6.92 Å². The third-order valence-corrected chi connectivity index (χ3v) is 3.32. The Balaban J connectivity index is 1.79. The molecule has 0 aliphatic heterocycles. The monoisotopic (exact) mass is 340 g/mol. The first kappa shape index (κ1) is 14.2. The van der Waals surface area contributed by atoms with E-state index in [1.54, 1.807) is 0 Å². The second kappa shape index (κ2) is 6.83. The lowest BCUT2D eigenvalue weighted by Crippen LogP contribution is -2.09. The average Bonchev–Trinajstić information content (AvgIpc) is 2.39. The molecule has 0 aromatic heterocycles. The van der Waals surface area contributed by atoms with Crippen LogP contribution < -0.4 is 9.47 Å². The number of halogens is 2. The van der Waals surface area contributed by atoms with E-state index in [1.165, 1.54) is 0 Å². The largest absolute Gasteiger partial charge is 0.490 e. The third-order valence-electron chi connectivity index (χ3n) is 2.56. The van der Waals surface area contributed by atoms with Crippen molar-refractivity contribution in [2.24, 2.45) is 0 Å². The minimum Gasteiger partial charge on any atom is -0.490 e. The van der Waals surface area contributed by atoms with Gasteiger partial charge in [-0.2, -0.15) is 0 Å². The summed E-state index contributed by atoms with van der Waals surface area (Å²) in [6.07, 6.45) is 0. The molecule has 0 saturated heterocycles. The molecule has 0 bridgehead atoms. The van der Waals surface area contributed by atoms with Crippen LogP contribution in [0, 0.1) is 6.92 Å². The van der Waals surface area contributed by atoms with E-state index in [2.05, 4.69) is 15.9 Å². The Morgan fingerprint density at radius 3 is 2.37 bits per heavy atom. The summed E-state index contributed by atoms with van der Waals surface area (Å²) >= 11 is 9.27. The molecule has 0 N–H and O–H groups in total. The van der Waals surface area contributed by atoms with Crippen molar-refractivity contribution in [3.8, 4) is 11.5 Å². The Morgan fingerprint density at radius 2 is 1.68 bits per heavy atom. The lowest BCUT2D eigenvalue weighted by Gasteiger charge is -2.10. The third kappa shape index (κ3) is 4.44. The molecule has 2 nitrogen and oxygen atoms in total. The quantitative estimate of drug-likeness (QED) is 0.722. The van der Waals surface area contributed by atoms with Gasteiger partial charge in [-0.3, -0.25) is 0 Å². The molecule has 100 valence electrons. The molecule has 0 aliphatic rings. The molecule has 0 amide bonds. The molecule has 0 heterocycles. The predicted molar refractivity (Wildman–Crippen MR) is 81.3 cm³/mol. The number of ether oxygens (including phenoxy) is 2. The van der Waals surface area contributed by atoms with Gasteiger partial charge < -0.3 is 9.47 Å². The number of rotatable bonds is 5. The molecule has 2 rings (SSSR count). The molecule has 0 spiro atoms. The fourth-order valence-electron chi connectivity index (χ4n) is 1.62. The highest BCUT2D eigenvalue weighted by Crippen LogP contribution is 2.21. The second-order valence-electron chi connectivity index (χ2n) is 4.06. The molecular formula is C15H14BrClO2. The molecule has 0 atom stereocenters. The summed E-state index contributed by atoms with van der Waals surface area (Å²) in [5.41, 5.74) is 1.02. The Kier molecular flexibility index (Phi) is 5.11. The van der Waals surface area contributed by atoms with Gasteiger partial charge in [-0.25, -0.2) is 0 Å². The maximum absolute atomic E-state index is 5.89. The van der Waals surface area contributed by atoms with Gasteiger partial charge in [0.25, 0.3) is 0 Å². The van der Waals surface area contributed by atoms with Crippen LogP contribution in [0.2, 0.25) is 5.02 Å². The van der Waals surface area contributed by atoms with Crippen LogP contribution in [0.4, 0.5) is 0 Å². The molecule has 0 aliphatic carbocycles. The first-order chi connectivity index (χ1) is 9.15. The summed E-state index contributed by atoms with van der Waals surface area (Å²) in [4.78, 5) is 0. The van der Waals surface area contributed by atoms with E-state index in [4.69, 9.17) is 21.1 Å². The number of hydrogen-bond acceptors (Lipinski definition) is 2. The Morgan fingerprint density at radius 1 is 1.00 bits per heavy atom. The van der Waals surface area contributed by atoms with E-state index in [9.17, 15) is 0 Å². The minimum absolute atomic E-state index is 0.499. The van der Waals surface area contributed by atoms with Crippen molar-refractivity contribution < 1.29 is 9.47 Å². The first-order valence-electron chi connectivity index (χ1n) is 5.92. The van der Waals surface area contributed by atoms with Gasteiger partial charge in [-0.05, 0) is 55.0 Å². The summed E-state index contributed by atoms with van der Waals surface area (Å²) in [5, 5.41) is 0.718. The standard InChI is InChI=1S/C15H14BrClO2/c1-11-10-13(17)4-7-15(11)19-9-8-18-14-5-2-12(16)3-6-14/h2-7,10H,8-9H2,1H3. The van der Waals surface area contributed by atoms with E-state index in [0.717, 1.165) is 26.6 Å². The summed E-state index contributed by atoms with van der Waals surface area (Å²) in [7, 11) is 0. The number of hydrogen-bond donors (Lipinski definition) is 0. The van der Waals surface area contributed by atoms with Crippen LogP contribution in [-0.2, 0) is 0 Å². The van der Waals surface area contributed by atoms with Crippen LogP contribution in [0.15, 0.2) is 46.9 Å². The molecule has 0 fully saturated rings. The normalized spacial score (nSPS) is 10.3. The van der Waals surface area contributed by atoms with Crippen molar-refractivity contribution in [3.05, 3.63) is 57.5 Å². The Hall–Kier alpha value is -1.19. The molecule has 2 aromatic rings. The molecule has 4 heteroatoms. The highest BCUT2D eigenvalue weighted by atomic mass is 79.9. The van der Waals surface area contributed by atoms with Gasteiger partial charge in [0.1, 0.15) is 24.7 Å². The molecule has 0 saturated carbocycles. The van der Waals surface area contributed by atoms with E-state index < -0.39 is 0 Å². The van der Waals surface area contributed by atoms with Crippen molar-refractivity contribution in [1.82, 2.24) is 0 Å². The highest BCUT2D eigenvalue weighted by molar-refractivity contribution is 9.10. The maximum atomic E-state index is 5.89. The summed E-state index contributed by atoms with van der Waals surface area (Å²) in [6.45, 7) is 2.97. The van der Waals surface area contributed by atoms with Gasteiger partial charge in [0, 0.05) is 9.50 Å². The Labute approximate surface area is 126 Å². The Bertz CT molecular complexity index is 540. The van der Waals surface area contributed by atoms with Crippen LogP contribution >= 0.6 is 27.5 Å². The smallest absolute Gasteiger partial charge is 0.122 e. The summed E-state index contributed by atoms with van der Waals surface area (Å²) in [5.74, 6) is 1.67. The van der Waals surface area contributed by atoms with E-state index >= 15 is 0 Å². The van der Waals surface area contributed by atoms with Crippen molar-refractivity contribution in [3.63, 3.8) is 0 Å².